The first kappa shape index (κ1) is 22.2. The molecule has 1 atom stereocenters. The smallest absolute Gasteiger partial charge is 0.296 e. The van der Waals surface area contributed by atoms with Gasteiger partial charge in [-0.3, -0.25) is 4.55 Å². The molecular weight excluding hydrogens is 468 g/mol. The highest BCUT2D eigenvalue weighted by Gasteiger charge is 2.22. The average Bonchev–Trinajstić information content (AvgIpc) is 2.85. The zero-order chi connectivity index (χ0) is 23.5. The predicted octanol–water partition coefficient (Wildman–Crippen LogP) is 5.78. The van der Waals surface area contributed by atoms with Gasteiger partial charge in [-0.05, 0) is 71.1 Å². The van der Waals surface area contributed by atoms with Gasteiger partial charge >= 0.3 is 5.82 Å². The summed E-state index contributed by atoms with van der Waals surface area (Å²) in [6.45, 7) is 0. The molecule has 168 valence electrons. The van der Waals surface area contributed by atoms with E-state index in [0.717, 1.165) is 12.0 Å². The van der Waals surface area contributed by atoms with E-state index in [2.05, 4.69) is 21.5 Å². The number of pyridine rings is 1. The summed E-state index contributed by atoms with van der Waals surface area (Å²) >= 11 is 5.93. The van der Waals surface area contributed by atoms with E-state index in [-0.39, 0.29) is 10.7 Å². The summed E-state index contributed by atoms with van der Waals surface area (Å²) in [5.74, 6) is 0.433. The molecule has 0 radical (unpaired) electrons. The number of rotatable bonds is 5. The molecule has 0 aliphatic carbocycles. The van der Waals surface area contributed by atoms with Crippen molar-refractivity contribution in [2.75, 3.05) is 0 Å². The Balaban J connectivity index is 1.60. The van der Waals surface area contributed by atoms with Gasteiger partial charge in [-0.2, -0.15) is 4.57 Å². The van der Waals surface area contributed by atoms with Gasteiger partial charge in [-0.25, -0.2) is 9.19 Å². The SMILES string of the molecule is O=S(O)(=Nc1nc2ccccc2nc1-[n+]1ccc(Cc2ccccc2)cc1)c1ccc(Cl)cc1. The molecule has 0 amide bonds. The first-order chi connectivity index (χ1) is 16.5. The third kappa shape index (κ3) is 4.82. The lowest BCUT2D eigenvalue weighted by Crippen LogP contribution is -2.31. The maximum absolute atomic E-state index is 13.1. The van der Waals surface area contributed by atoms with Crippen LogP contribution in [-0.2, 0) is 16.4 Å². The summed E-state index contributed by atoms with van der Waals surface area (Å²) in [7, 11) is -3.78. The number of nitrogens with zero attached hydrogens (tertiary/aromatic N) is 4. The molecule has 1 unspecified atom stereocenters. The molecule has 5 aromatic rings. The van der Waals surface area contributed by atoms with Crippen molar-refractivity contribution in [3.63, 3.8) is 0 Å². The van der Waals surface area contributed by atoms with Crippen LogP contribution in [0, 0.1) is 0 Å². The van der Waals surface area contributed by atoms with Gasteiger partial charge in [0.05, 0.1) is 17.3 Å². The number of fused-ring (bicyclic) bond motifs is 1. The van der Waals surface area contributed by atoms with Crippen LogP contribution >= 0.6 is 11.6 Å². The minimum atomic E-state index is -3.78. The molecule has 0 saturated carbocycles. The van der Waals surface area contributed by atoms with E-state index in [1.54, 1.807) is 22.8 Å². The Kier molecular flexibility index (Phi) is 6.06. The molecule has 3 aromatic carbocycles. The van der Waals surface area contributed by atoms with Crippen molar-refractivity contribution in [2.24, 2.45) is 4.36 Å². The number of hydrogen-bond donors (Lipinski definition) is 1. The van der Waals surface area contributed by atoms with Crippen LogP contribution in [0.15, 0.2) is 113 Å². The minimum Gasteiger partial charge on any atom is -0.296 e. The van der Waals surface area contributed by atoms with E-state index in [1.165, 1.54) is 17.7 Å². The molecule has 0 bridgehead atoms. The second kappa shape index (κ2) is 9.30. The van der Waals surface area contributed by atoms with Crippen molar-refractivity contribution >= 4 is 38.5 Å². The minimum absolute atomic E-state index is 0.0713. The van der Waals surface area contributed by atoms with Crippen molar-refractivity contribution in [2.45, 2.75) is 11.3 Å². The first-order valence-electron chi connectivity index (χ1n) is 10.5. The molecule has 0 aliphatic rings. The zero-order valence-corrected chi connectivity index (χ0v) is 19.5. The van der Waals surface area contributed by atoms with E-state index >= 15 is 0 Å². The number of benzene rings is 3. The molecule has 0 spiro atoms. The summed E-state index contributed by atoms with van der Waals surface area (Å²) in [6.07, 6.45) is 4.51. The zero-order valence-electron chi connectivity index (χ0n) is 18.0. The van der Waals surface area contributed by atoms with Gasteiger partial charge in [-0.1, -0.05) is 54.1 Å². The molecule has 2 aromatic heterocycles. The third-order valence-corrected chi connectivity index (χ3v) is 6.82. The first-order valence-corrected chi connectivity index (χ1v) is 12.4. The van der Waals surface area contributed by atoms with E-state index in [9.17, 15) is 8.76 Å². The lowest BCUT2D eigenvalue weighted by molar-refractivity contribution is -0.598. The highest BCUT2D eigenvalue weighted by Crippen LogP contribution is 2.24. The molecule has 34 heavy (non-hydrogen) atoms. The van der Waals surface area contributed by atoms with E-state index < -0.39 is 10.0 Å². The Morgan fingerprint density at radius 1 is 0.794 bits per heavy atom. The number of hydrogen-bond acceptors (Lipinski definition) is 4. The summed E-state index contributed by atoms with van der Waals surface area (Å²) in [5, 5.41) is 0.469. The largest absolute Gasteiger partial charge is 0.374 e. The molecule has 6 nitrogen and oxygen atoms in total. The Hall–Kier alpha value is -3.65. The van der Waals surface area contributed by atoms with Gasteiger partial charge < -0.3 is 0 Å². The summed E-state index contributed by atoms with van der Waals surface area (Å²) in [5.41, 5.74) is 3.58. The number of para-hydroxylation sites is 2. The van der Waals surface area contributed by atoms with Crippen molar-refractivity contribution in [1.82, 2.24) is 9.97 Å². The second-order valence-electron chi connectivity index (χ2n) is 7.68. The van der Waals surface area contributed by atoms with Crippen LogP contribution in [0.4, 0.5) is 5.82 Å². The second-order valence-corrected chi connectivity index (χ2v) is 9.76. The molecule has 1 N–H and O–H groups in total. The third-order valence-electron chi connectivity index (χ3n) is 5.26. The summed E-state index contributed by atoms with van der Waals surface area (Å²) in [4.78, 5) is 9.39. The molecule has 0 fully saturated rings. The Labute approximate surface area is 202 Å². The van der Waals surface area contributed by atoms with Gasteiger partial charge in [0, 0.05) is 5.02 Å². The maximum Gasteiger partial charge on any atom is 0.374 e. The average molecular weight is 488 g/mol. The van der Waals surface area contributed by atoms with Crippen LogP contribution in [0.2, 0.25) is 5.02 Å². The van der Waals surface area contributed by atoms with Gasteiger partial charge in [0.2, 0.25) is 5.52 Å². The van der Waals surface area contributed by atoms with Crippen LogP contribution in [0.25, 0.3) is 16.9 Å². The maximum atomic E-state index is 13.1. The summed E-state index contributed by atoms with van der Waals surface area (Å²) < 4.78 is 29.7. The van der Waals surface area contributed by atoms with Crippen LogP contribution in [0.1, 0.15) is 11.1 Å². The fourth-order valence-corrected chi connectivity index (χ4v) is 4.62. The van der Waals surface area contributed by atoms with Crippen LogP contribution in [0.3, 0.4) is 0 Å². The fourth-order valence-electron chi connectivity index (χ4n) is 3.55. The Morgan fingerprint density at radius 3 is 2.06 bits per heavy atom. The van der Waals surface area contributed by atoms with E-state index in [4.69, 9.17) is 16.6 Å². The molecule has 0 aliphatic heterocycles. The van der Waals surface area contributed by atoms with Gasteiger partial charge in [0.25, 0.3) is 5.82 Å². The molecule has 2 heterocycles. The highest BCUT2D eigenvalue weighted by atomic mass is 35.5. The van der Waals surface area contributed by atoms with Gasteiger partial charge in [-0.15, -0.1) is 4.36 Å². The van der Waals surface area contributed by atoms with Crippen LogP contribution in [0.5, 0.6) is 0 Å². The monoisotopic (exact) mass is 487 g/mol. The quantitative estimate of drug-likeness (QED) is 0.318. The standard InChI is InChI=1S/C26H19ClN4O2S/c27-21-10-12-22(13-11-21)34(32,33)30-25-26(29-24-9-5-4-8-23(24)28-25)31-16-14-20(15-17-31)18-19-6-2-1-3-7-19/h1-17H,18H2/p+1. The molecule has 0 saturated heterocycles. The lowest BCUT2D eigenvalue weighted by Gasteiger charge is -2.06. The predicted molar refractivity (Wildman–Crippen MR) is 133 cm³/mol. The Morgan fingerprint density at radius 2 is 1.38 bits per heavy atom. The highest BCUT2D eigenvalue weighted by molar-refractivity contribution is 7.88. The lowest BCUT2D eigenvalue weighted by atomic mass is 10.1. The van der Waals surface area contributed by atoms with Crippen molar-refractivity contribution < 1.29 is 13.3 Å². The van der Waals surface area contributed by atoms with Crippen molar-refractivity contribution in [3.8, 4) is 5.82 Å². The van der Waals surface area contributed by atoms with Gasteiger partial charge in [0.15, 0.2) is 10.0 Å². The normalized spacial score (nSPS) is 12.9. The van der Waals surface area contributed by atoms with E-state index in [1.807, 2.05) is 60.9 Å². The van der Waals surface area contributed by atoms with Crippen molar-refractivity contribution in [1.29, 1.82) is 0 Å². The van der Waals surface area contributed by atoms with Crippen LogP contribution < -0.4 is 4.57 Å². The molecule has 5 rings (SSSR count). The van der Waals surface area contributed by atoms with Crippen molar-refractivity contribution in [3.05, 3.63) is 120 Å². The Bertz CT molecular complexity index is 1580. The topological polar surface area (TPSA) is 79.3 Å². The number of aromatic nitrogens is 3. The van der Waals surface area contributed by atoms with E-state index in [0.29, 0.717) is 21.9 Å². The summed E-state index contributed by atoms with van der Waals surface area (Å²) in [6, 6.07) is 27.6. The fraction of sp³-hybridized carbons (Fsp3) is 0.0385. The van der Waals surface area contributed by atoms with Gasteiger partial charge in [0.1, 0.15) is 5.52 Å². The molecular formula is C26H20ClN4O2S+. The molecule has 8 heteroatoms. The van der Waals surface area contributed by atoms with Crippen LogP contribution in [-0.4, -0.2) is 18.7 Å². The number of halogens is 1.